The number of nitrogens with two attached hydrogens (primary N) is 1. The average Bonchev–Trinajstić information content (AvgIpc) is 2.23. The summed E-state index contributed by atoms with van der Waals surface area (Å²) in [6.45, 7) is 1.81. The Morgan fingerprint density at radius 3 is 2.76 bits per heavy atom. The third kappa shape index (κ3) is 4.05. The molecule has 92 valence electrons. The van der Waals surface area contributed by atoms with Crippen LogP contribution < -0.4 is 11.1 Å². The van der Waals surface area contributed by atoms with E-state index in [9.17, 15) is 9.59 Å². The summed E-state index contributed by atoms with van der Waals surface area (Å²) in [5.74, 6) is -1.66. The Bertz CT molecular complexity index is 448. The molecular formula is C11H13ClN2O3. The number of amides is 1. The van der Waals surface area contributed by atoms with Crippen LogP contribution in [0.5, 0.6) is 0 Å². The Kier molecular flexibility index (Phi) is 4.48. The van der Waals surface area contributed by atoms with E-state index in [1.807, 2.05) is 6.92 Å². The summed E-state index contributed by atoms with van der Waals surface area (Å²) in [7, 11) is 0. The van der Waals surface area contributed by atoms with Crippen molar-refractivity contribution in [3.8, 4) is 0 Å². The molecule has 1 rings (SSSR count). The summed E-state index contributed by atoms with van der Waals surface area (Å²) in [6.07, 6.45) is -0.277. The molecule has 6 heteroatoms. The summed E-state index contributed by atoms with van der Waals surface area (Å²) in [5.41, 5.74) is 6.65. The predicted octanol–water partition coefficient (Wildman–Crippen LogP) is 1.39. The maximum Gasteiger partial charge on any atom is 0.321 e. The van der Waals surface area contributed by atoms with Crippen molar-refractivity contribution >= 4 is 29.2 Å². The van der Waals surface area contributed by atoms with Gasteiger partial charge >= 0.3 is 5.97 Å². The lowest BCUT2D eigenvalue weighted by atomic mass is 10.1. The van der Waals surface area contributed by atoms with Crippen molar-refractivity contribution < 1.29 is 14.7 Å². The SMILES string of the molecule is Cc1ccc(Cl)cc1NC(=O)CC(N)C(=O)O. The van der Waals surface area contributed by atoms with Crippen LogP contribution in [0.3, 0.4) is 0 Å². The predicted molar refractivity (Wildman–Crippen MR) is 65.0 cm³/mol. The van der Waals surface area contributed by atoms with Crippen molar-refractivity contribution in [2.24, 2.45) is 5.73 Å². The zero-order valence-corrected chi connectivity index (χ0v) is 9.99. The smallest absolute Gasteiger partial charge is 0.321 e. The number of hydrogen-bond acceptors (Lipinski definition) is 3. The van der Waals surface area contributed by atoms with Gasteiger partial charge in [-0.3, -0.25) is 9.59 Å². The molecule has 1 atom stereocenters. The van der Waals surface area contributed by atoms with E-state index in [1.165, 1.54) is 0 Å². The normalized spacial score (nSPS) is 11.9. The fourth-order valence-electron chi connectivity index (χ4n) is 1.22. The molecule has 0 radical (unpaired) electrons. The van der Waals surface area contributed by atoms with Crippen molar-refractivity contribution in [2.75, 3.05) is 5.32 Å². The number of hydrogen-bond donors (Lipinski definition) is 3. The van der Waals surface area contributed by atoms with Gasteiger partial charge in [-0.2, -0.15) is 0 Å². The maximum absolute atomic E-state index is 11.5. The van der Waals surface area contributed by atoms with E-state index in [0.29, 0.717) is 10.7 Å². The van der Waals surface area contributed by atoms with Gasteiger partial charge in [0.05, 0.1) is 6.42 Å². The first kappa shape index (κ1) is 13.5. The van der Waals surface area contributed by atoms with E-state index < -0.39 is 17.9 Å². The van der Waals surface area contributed by atoms with Gasteiger partial charge < -0.3 is 16.2 Å². The zero-order valence-electron chi connectivity index (χ0n) is 9.24. The van der Waals surface area contributed by atoms with Crippen LogP contribution in [0.2, 0.25) is 5.02 Å². The van der Waals surface area contributed by atoms with Crippen molar-refractivity contribution in [3.05, 3.63) is 28.8 Å². The third-order valence-electron chi connectivity index (χ3n) is 2.20. The molecular weight excluding hydrogens is 244 g/mol. The Morgan fingerprint density at radius 1 is 1.53 bits per heavy atom. The molecule has 17 heavy (non-hydrogen) atoms. The van der Waals surface area contributed by atoms with Crippen LogP contribution in [0.4, 0.5) is 5.69 Å². The second-order valence-electron chi connectivity index (χ2n) is 3.66. The number of aliphatic carboxylic acids is 1. The highest BCUT2D eigenvalue weighted by Crippen LogP contribution is 2.20. The highest BCUT2D eigenvalue weighted by molar-refractivity contribution is 6.31. The summed E-state index contributed by atoms with van der Waals surface area (Å²) < 4.78 is 0. The molecule has 0 aromatic heterocycles. The lowest BCUT2D eigenvalue weighted by Crippen LogP contribution is -2.34. The van der Waals surface area contributed by atoms with Crippen LogP contribution in [-0.4, -0.2) is 23.0 Å². The first-order chi connectivity index (χ1) is 7.90. The van der Waals surface area contributed by atoms with Gasteiger partial charge in [0.15, 0.2) is 0 Å². The summed E-state index contributed by atoms with van der Waals surface area (Å²) in [4.78, 5) is 22.0. The van der Waals surface area contributed by atoms with Gasteiger partial charge in [-0.1, -0.05) is 17.7 Å². The lowest BCUT2D eigenvalue weighted by Gasteiger charge is -2.10. The first-order valence-corrected chi connectivity index (χ1v) is 5.32. The van der Waals surface area contributed by atoms with E-state index in [1.54, 1.807) is 18.2 Å². The van der Waals surface area contributed by atoms with Gasteiger partial charge in [0.25, 0.3) is 0 Å². The van der Waals surface area contributed by atoms with Gasteiger partial charge in [-0.15, -0.1) is 0 Å². The van der Waals surface area contributed by atoms with Crippen molar-refractivity contribution in [1.82, 2.24) is 0 Å². The molecule has 0 saturated heterocycles. The molecule has 5 nitrogen and oxygen atoms in total. The number of nitrogens with one attached hydrogen (secondary N) is 1. The number of carboxylic acid groups (broad SMARTS) is 1. The monoisotopic (exact) mass is 256 g/mol. The van der Waals surface area contributed by atoms with Gasteiger partial charge in [0, 0.05) is 10.7 Å². The standard InChI is InChI=1S/C11H13ClN2O3/c1-6-2-3-7(12)4-9(6)14-10(15)5-8(13)11(16)17/h2-4,8H,5,13H2,1H3,(H,14,15)(H,16,17). The quantitative estimate of drug-likeness (QED) is 0.759. The number of carbonyl (C=O) groups excluding carboxylic acids is 1. The van der Waals surface area contributed by atoms with E-state index in [4.69, 9.17) is 22.4 Å². The molecule has 1 unspecified atom stereocenters. The van der Waals surface area contributed by atoms with Gasteiger partial charge in [0.1, 0.15) is 6.04 Å². The van der Waals surface area contributed by atoms with Crippen LogP contribution in [-0.2, 0) is 9.59 Å². The van der Waals surface area contributed by atoms with E-state index in [0.717, 1.165) is 5.56 Å². The number of halogens is 1. The third-order valence-corrected chi connectivity index (χ3v) is 2.43. The van der Waals surface area contributed by atoms with Crippen LogP contribution in [0.25, 0.3) is 0 Å². The Morgan fingerprint density at radius 2 is 2.18 bits per heavy atom. The fourth-order valence-corrected chi connectivity index (χ4v) is 1.39. The van der Waals surface area contributed by atoms with Crippen LogP contribution in [0.15, 0.2) is 18.2 Å². The molecule has 4 N–H and O–H groups in total. The van der Waals surface area contributed by atoms with Gasteiger partial charge in [-0.25, -0.2) is 0 Å². The Labute approximate surface area is 104 Å². The molecule has 0 heterocycles. The topological polar surface area (TPSA) is 92.4 Å². The number of rotatable bonds is 4. The number of benzene rings is 1. The number of carboxylic acids is 1. The highest BCUT2D eigenvalue weighted by Gasteiger charge is 2.16. The minimum atomic E-state index is -1.21. The lowest BCUT2D eigenvalue weighted by molar-refractivity contribution is -0.140. The van der Waals surface area contributed by atoms with Crippen molar-refractivity contribution in [2.45, 2.75) is 19.4 Å². The summed E-state index contributed by atoms with van der Waals surface area (Å²) >= 11 is 5.79. The molecule has 0 spiro atoms. The van der Waals surface area contributed by atoms with E-state index in [2.05, 4.69) is 5.32 Å². The number of aryl methyl sites for hydroxylation is 1. The second kappa shape index (κ2) is 5.65. The molecule has 0 saturated carbocycles. The largest absolute Gasteiger partial charge is 0.480 e. The summed E-state index contributed by atoms with van der Waals surface area (Å²) in [5, 5.41) is 11.6. The van der Waals surface area contributed by atoms with Crippen LogP contribution >= 0.6 is 11.6 Å². The second-order valence-corrected chi connectivity index (χ2v) is 4.09. The number of carbonyl (C=O) groups is 2. The van der Waals surface area contributed by atoms with Crippen molar-refractivity contribution in [1.29, 1.82) is 0 Å². The van der Waals surface area contributed by atoms with Crippen molar-refractivity contribution in [3.63, 3.8) is 0 Å². The molecule has 0 aliphatic rings. The van der Waals surface area contributed by atoms with E-state index in [-0.39, 0.29) is 6.42 Å². The molecule has 0 fully saturated rings. The first-order valence-electron chi connectivity index (χ1n) is 4.94. The Balaban J connectivity index is 2.68. The van der Waals surface area contributed by atoms with Crippen LogP contribution in [0.1, 0.15) is 12.0 Å². The molecule has 1 aromatic carbocycles. The minimum Gasteiger partial charge on any atom is -0.480 e. The highest BCUT2D eigenvalue weighted by atomic mass is 35.5. The van der Waals surface area contributed by atoms with Gasteiger partial charge in [-0.05, 0) is 24.6 Å². The molecule has 0 aliphatic carbocycles. The molecule has 0 aliphatic heterocycles. The summed E-state index contributed by atoms with van der Waals surface area (Å²) in [6, 6.07) is 3.86. The zero-order chi connectivity index (χ0) is 13.0. The van der Waals surface area contributed by atoms with E-state index >= 15 is 0 Å². The maximum atomic E-state index is 11.5. The van der Waals surface area contributed by atoms with Gasteiger partial charge in [0.2, 0.25) is 5.91 Å². The minimum absolute atomic E-state index is 0.277. The molecule has 0 bridgehead atoms. The Hall–Kier alpha value is -1.59. The fraction of sp³-hybridized carbons (Fsp3) is 0.273. The number of anilines is 1. The molecule has 1 amide bonds. The molecule has 1 aromatic rings. The average molecular weight is 257 g/mol. The van der Waals surface area contributed by atoms with Crippen LogP contribution in [0, 0.1) is 6.92 Å².